The summed E-state index contributed by atoms with van der Waals surface area (Å²) in [6.07, 6.45) is 4.06. The molecule has 0 radical (unpaired) electrons. The van der Waals surface area contributed by atoms with E-state index in [1.807, 2.05) is 18.3 Å². The number of aromatic nitrogens is 2. The zero-order chi connectivity index (χ0) is 15.3. The number of aryl methyl sites for hydroxylation is 3. The molecule has 3 heterocycles. The molecule has 0 aromatic carbocycles. The van der Waals surface area contributed by atoms with E-state index >= 15 is 0 Å². The van der Waals surface area contributed by atoms with Crippen molar-refractivity contribution >= 4 is 33.3 Å². The summed E-state index contributed by atoms with van der Waals surface area (Å²) >= 11 is 1.83. The van der Waals surface area contributed by atoms with Gasteiger partial charge in [0.25, 0.3) is 0 Å². The van der Waals surface area contributed by atoms with E-state index in [-0.39, 0.29) is 11.9 Å². The number of thiophene rings is 1. The van der Waals surface area contributed by atoms with Gasteiger partial charge in [-0.05, 0) is 38.7 Å². The minimum Gasteiger partial charge on any atom is -0.354 e. The molecular weight excluding hydrogens is 296 g/mol. The first-order valence-electron chi connectivity index (χ1n) is 7.95. The largest absolute Gasteiger partial charge is 0.354 e. The Labute approximate surface area is 133 Å². The van der Waals surface area contributed by atoms with Crippen LogP contribution in [-0.4, -0.2) is 35.0 Å². The number of nitrogens with one attached hydrogen (secondary N) is 1. The number of carbonyl (C=O) groups is 1. The third-order valence-electron chi connectivity index (χ3n) is 4.62. The molecule has 1 atom stereocenters. The lowest BCUT2D eigenvalue weighted by atomic mass is 10.1. The highest BCUT2D eigenvalue weighted by Crippen LogP contribution is 2.41. The molecule has 2 aromatic heterocycles. The number of hydrogen-bond acceptors (Lipinski definition) is 5. The zero-order valence-corrected chi connectivity index (χ0v) is 13.8. The van der Waals surface area contributed by atoms with Crippen molar-refractivity contribution in [3.8, 4) is 0 Å². The van der Waals surface area contributed by atoms with Crippen molar-refractivity contribution < 1.29 is 4.79 Å². The molecule has 116 valence electrons. The van der Waals surface area contributed by atoms with Crippen LogP contribution < -0.4 is 10.2 Å². The molecule has 1 amide bonds. The summed E-state index contributed by atoms with van der Waals surface area (Å²) in [7, 11) is 0. The van der Waals surface area contributed by atoms with E-state index in [0.29, 0.717) is 13.0 Å². The number of carbonyl (C=O) groups excluding carboxylic acids is 1. The highest BCUT2D eigenvalue weighted by molar-refractivity contribution is 7.19. The van der Waals surface area contributed by atoms with Crippen LogP contribution in [0.25, 0.3) is 10.2 Å². The highest BCUT2D eigenvalue weighted by Gasteiger charge is 2.28. The van der Waals surface area contributed by atoms with Gasteiger partial charge in [0.15, 0.2) is 0 Å². The molecule has 0 saturated carbocycles. The maximum Gasteiger partial charge on any atom is 0.222 e. The SMILES string of the molecule is Cc1nc(N2CCNC(=O)C[C@@H]2C)c2c3c(sc2n1)CCC3. The molecule has 6 heteroatoms. The summed E-state index contributed by atoms with van der Waals surface area (Å²) in [6, 6.07) is 0.164. The fraction of sp³-hybridized carbons (Fsp3) is 0.562. The van der Waals surface area contributed by atoms with E-state index in [4.69, 9.17) is 4.98 Å². The van der Waals surface area contributed by atoms with E-state index in [1.54, 1.807) is 0 Å². The average Bonchev–Trinajstić information content (AvgIpc) is 2.97. The minimum atomic E-state index is 0.132. The van der Waals surface area contributed by atoms with Crippen LogP contribution in [0.1, 0.15) is 36.0 Å². The van der Waals surface area contributed by atoms with Gasteiger partial charge >= 0.3 is 0 Å². The molecule has 22 heavy (non-hydrogen) atoms. The molecule has 5 nitrogen and oxygen atoms in total. The van der Waals surface area contributed by atoms with Crippen molar-refractivity contribution in [1.82, 2.24) is 15.3 Å². The van der Waals surface area contributed by atoms with Crippen LogP contribution in [-0.2, 0) is 17.6 Å². The number of hydrogen-bond donors (Lipinski definition) is 1. The number of rotatable bonds is 1. The van der Waals surface area contributed by atoms with Crippen LogP contribution in [0.5, 0.6) is 0 Å². The topological polar surface area (TPSA) is 58.1 Å². The molecule has 0 spiro atoms. The number of fused-ring (bicyclic) bond motifs is 3. The van der Waals surface area contributed by atoms with Gasteiger partial charge < -0.3 is 10.2 Å². The van der Waals surface area contributed by atoms with Crippen molar-refractivity contribution in [3.05, 3.63) is 16.3 Å². The van der Waals surface area contributed by atoms with Gasteiger partial charge in [-0.3, -0.25) is 4.79 Å². The Bertz CT molecular complexity index is 754. The second-order valence-corrected chi connectivity index (χ2v) is 7.31. The quantitative estimate of drug-likeness (QED) is 0.876. The molecule has 2 aromatic rings. The van der Waals surface area contributed by atoms with Crippen LogP contribution in [0, 0.1) is 6.92 Å². The van der Waals surface area contributed by atoms with Gasteiger partial charge in [0.05, 0.1) is 5.39 Å². The summed E-state index contributed by atoms with van der Waals surface area (Å²) in [5, 5.41) is 4.20. The fourth-order valence-corrected chi connectivity index (χ4v) is 4.89. The first kappa shape index (κ1) is 13.9. The van der Waals surface area contributed by atoms with Gasteiger partial charge in [-0.2, -0.15) is 0 Å². The summed E-state index contributed by atoms with van der Waals surface area (Å²) in [5.41, 5.74) is 1.45. The molecule has 4 rings (SSSR count). The van der Waals surface area contributed by atoms with Gasteiger partial charge in [-0.15, -0.1) is 11.3 Å². The van der Waals surface area contributed by atoms with Crippen LogP contribution in [0.15, 0.2) is 0 Å². The van der Waals surface area contributed by atoms with E-state index in [0.717, 1.165) is 29.4 Å². The minimum absolute atomic E-state index is 0.132. The lowest BCUT2D eigenvalue weighted by Crippen LogP contribution is -2.35. The van der Waals surface area contributed by atoms with Crippen molar-refractivity contribution in [2.75, 3.05) is 18.0 Å². The summed E-state index contributed by atoms with van der Waals surface area (Å²) in [5.74, 6) is 1.98. The van der Waals surface area contributed by atoms with E-state index in [9.17, 15) is 4.79 Å². The number of anilines is 1. The normalized spacial score (nSPS) is 21.8. The van der Waals surface area contributed by atoms with Crippen molar-refractivity contribution in [2.45, 2.75) is 45.6 Å². The predicted molar refractivity (Wildman–Crippen MR) is 88.6 cm³/mol. The summed E-state index contributed by atoms with van der Waals surface area (Å²) < 4.78 is 0. The van der Waals surface area contributed by atoms with Crippen LogP contribution in [0.4, 0.5) is 5.82 Å². The predicted octanol–water partition coefficient (Wildman–Crippen LogP) is 2.20. The number of amides is 1. The maximum absolute atomic E-state index is 11.8. The van der Waals surface area contributed by atoms with Crippen LogP contribution in [0.2, 0.25) is 0 Å². The number of nitrogens with zero attached hydrogens (tertiary/aromatic N) is 3. The molecule has 1 saturated heterocycles. The van der Waals surface area contributed by atoms with Crippen LogP contribution >= 0.6 is 11.3 Å². The Kier molecular flexibility index (Phi) is 3.29. The first-order chi connectivity index (χ1) is 10.6. The van der Waals surface area contributed by atoms with Crippen molar-refractivity contribution in [2.24, 2.45) is 0 Å². The highest BCUT2D eigenvalue weighted by atomic mass is 32.1. The average molecular weight is 316 g/mol. The molecule has 2 aliphatic rings. The summed E-state index contributed by atoms with van der Waals surface area (Å²) in [6.45, 7) is 5.56. The molecule has 1 N–H and O–H groups in total. The standard InChI is InChI=1S/C16H20N4OS/c1-9-8-13(21)17-6-7-20(9)15-14-11-4-3-5-12(11)22-16(14)19-10(2)18-15/h9H,3-8H2,1-2H3,(H,17,21)/t9-/m0/s1. The Morgan fingerprint density at radius 3 is 3.05 bits per heavy atom. The van der Waals surface area contributed by atoms with Crippen molar-refractivity contribution in [3.63, 3.8) is 0 Å². The van der Waals surface area contributed by atoms with Gasteiger partial charge in [0, 0.05) is 30.4 Å². The molecule has 1 aliphatic heterocycles. The van der Waals surface area contributed by atoms with E-state index < -0.39 is 0 Å². The van der Waals surface area contributed by atoms with E-state index in [2.05, 4.69) is 22.1 Å². The Morgan fingerprint density at radius 2 is 2.18 bits per heavy atom. The van der Waals surface area contributed by atoms with E-state index in [1.165, 1.54) is 28.7 Å². The third-order valence-corrected chi connectivity index (χ3v) is 5.80. The molecule has 0 bridgehead atoms. The maximum atomic E-state index is 11.8. The van der Waals surface area contributed by atoms with Gasteiger partial charge in [0.2, 0.25) is 5.91 Å². The van der Waals surface area contributed by atoms with Gasteiger partial charge in [-0.25, -0.2) is 9.97 Å². The smallest absolute Gasteiger partial charge is 0.222 e. The summed E-state index contributed by atoms with van der Waals surface area (Å²) in [4.78, 5) is 26.1. The fourth-order valence-electron chi connectivity index (χ4n) is 3.59. The van der Waals surface area contributed by atoms with Crippen LogP contribution in [0.3, 0.4) is 0 Å². The molecule has 1 aliphatic carbocycles. The Morgan fingerprint density at radius 1 is 1.32 bits per heavy atom. The third kappa shape index (κ3) is 2.17. The first-order valence-corrected chi connectivity index (χ1v) is 8.77. The van der Waals surface area contributed by atoms with Gasteiger partial charge in [0.1, 0.15) is 16.5 Å². The Balaban J connectivity index is 1.88. The lowest BCUT2D eigenvalue weighted by Gasteiger charge is -2.28. The molecule has 1 fully saturated rings. The second kappa shape index (κ2) is 5.19. The Hall–Kier alpha value is -1.69. The molecular formula is C16H20N4OS. The lowest BCUT2D eigenvalue weighted by molar-refractivity contribution is -0.120. The van der Waals surface area contributed by atoms with Crippen molar-refractivity contribution in [1.29, 1.82) is 0 Å². The zero-order valence-electron chi connectivity index (χ0n) is 13.0. The molecule has 0 unspecified atom stereocenters. The monoisotopic (exact) mass is 316 g/mol. The second-order valence-electron chi connectivity index (χ2n) is 6.23. The van der Waals surface area contributed by atoms with Gasteiger partial charge in [-0.1, -0.05) is 0 Å².